The van der Waals surface area contributed by atoms with Crippen LogP contribution in [0.2, 0.25) is 0 Å². The Kier molecular flexibility index (Phi) is 3.91. The fraction of sp³-hybridized carbons (Fsp3) is 0.750. The first kappa shape index (κ1) is 12.2. The summed E-state index contributed by atoms with van der Waals surface area (Å²) in [6.07, 6.45) is 3.79. The third-order valence-corrected chi connectivity index (χ3v) is 2.82. The molecule has 0 aliphatic carbocycles. The van der Waals surface area contributed by atoms with E-state index in [1.54, 1.807) is 0 Å². The zero-order valence-electron chi connectivity index (χ0n) is 9.92. The molecule has 0 unspecified atom stereocenters. The van der Waals surface area contributed by atoms with E-state index >= 15 is 0 Å². The van der Waals surface area contributed by atoms with E-state index in [0.29, 0.717) is 5.41 Å². The number of carboxylic acids is 1. The topological polar surface area (TPSA) is 40.5 Å². The van der Waals surface area contributed by atoms with Crippen molar-refractivity contribution in [2.45, 2.75) is 33.6 Å². The molecule has 1 aliphatic rings. The molecule has 86 valence electrons. The average Bonchev–Trinajstić information content (AvgIpc) is 1.99. The molecule has 0 amide bonds. The molecule has 1 heterocycles. The van der Waals surface area contributed by atoms with Crippen molar-refractivity contribution in [3.05, 3.63) is 11.6 Å². The molecule has 0 atom stereocenters. The van der Waals surface area contributed by atoms with Gasteiger partial charge in [-0.3, -0.25) is 4.90 Å². The monoisotopic (exact) mass is 211 g/mol. The fourth-order valence-electron chi connectivity index (χ4n) is 2.29. The van der Waals surface area contributed by atoms with Crippen LogP contribution in [0.3, 0.4) is 0 Å². The minimum absolute atomic E-state index is 0.377. The van der Waals surface area contributed by atoms with E-state index in [1.807, 2.05) is 6.92 Å². The third-order valence-electron chi connectivity index (χ3n) is 2.82. The lowest BCUT2D eigenvalue weighted by molar-refractivity contribution is -0.131. The molecule has 3 nitrogen and oxygen atoms in total. The van der Waals surface area contributed by atoms with Gasteiger partial charge in [0.05, 0.1) is 0 Å². The molecule has 1 saturated heterocycles. The number of piperidine rings is 1. The number of carbonyl (C=O) groups is 1. The van der Waals surface area contributed by atoms with Gasteiger partial charge >= 0.3 is 5.97 Å². The quantitative estimate of drug-likeness (QED) is 0.727. The van der Waals surface area contributed by atoms with Crippen LogP contribution >= 0.6 is 0 Å². The van der Waals surface area contributed by atoms with Crippen LogP contribution in [-0.2, 0) is 4.79 Å². The summed E-state index contributed by atoms with van der Waals surface area (Å²) in [5.74, 6) is -0.844. The van der Waals surface area contributed by atoms with Gasteiger partial charge in [-0.2, -0.15) is 0 Å². The van der Waals surface area contributed by atoms with Crippen LogP contribution in [0.4, 0.5) is 0 Å². The first-order valence-corrected chi connectivity index (χ1v) is 5.51. The van der Waals surface area contributed by atoms with Crippen molar-refractivity contribution in [3.8, 4) is 0 Å². The normalized spacial score (nSPS) is 22.7. The molecule has 0 aromatic carbocycles. The minimum Gasteiger partial charge on any atom is -0.478 e. The first-order valence-electron chi connectivity index (χ1n) is 5.51. The van der Waals surface area contributed by atoms with Crippen molar-refractivity contribution < 1.29 is 9.90 Å². The molecule has 15 heavy (non-hydrogen) atoms. The Balaban J connectivity index is 2.48. The standard InChI is InChI=1S/C12H21NO2/c1-10(7-11(14)15)8-13-6-4-5-12(2,3)9-13/h7H,4-6,8-9H2,1-3H3,(H,14,15). The highest BCUT2D eigenvalue weighted by molar-refractivity contribution is 5.80. The maximum absolute atomic E-state index is 10.5. The number of carboxylic acid groups (broad SMARTS) is 1. The lowest BCUT2D eigenvalue weighted by atomic mass is 9.84. The molecule has 3 heteroatoms. The lowest BCUT2D eigenvalue weighted by Gasteiger charge is -2.38. The smallest absolute Gasteiger partial charge is 0.328 e. The second-order valence-electron chi connectivity index (χ2n) is 5.31. The molecule has 1 rings (SSSR count). The van der Waals surface area contributed by atoms with Crippen molar-refractivity contribution in [2.24, 2.45) is 5.41 Å². The van der Waals surface area contributed by atoms with Gasteiger partial charge < -0.3 is 5.11 Å². The summed E-state index contributed by atoms with van der Waals surface area (Å²) in [4.78, 5) is 12.8. The van der Waals surface area contributed by atoms with E-state index in [2.05, 4.69) is 18.7 Å². The summed E-state index contributed by atoms with van der Waals surface area (Å²) in [7, 11) is 0. The predicted octanol–water partition coefficient (Wildman–Crippen LogP) is 2.14. The Bertz CT molecular complexity index is 269. The molecule has 0 aromatic heterocycles. The van der Waals surface area contributed by atoms with Gasteiger partial charge in [-0.05, 0) is 31.7 Å². The highest BCUT2D eigenvalue weighted by Crippen LogP contribution is 2.28. The van der Waals surface area contributed by atoms with Crippen LogP contribution in [0.1, 0.15) is 33.6 Å². The second kappa shape index (κ2) is 4.79. The predicted molar refractivity (Wildman–Crippen MR) is 60.8 cm³/mol. The van der Waals surface area contributed by atoms with Crippen molar-refractivity contribution in [1.82, 2.24) is 4.90 Å². The molecule has 1 N–H and O–H groups in total. The number of hydrogen-bond donors (Lipinski definition) is 1. The highest BCUT2D eigenvalue weighted by Gasteiger charge is 2.25. The highest BCUT2D eigenvalue weighted by atomic mass is 16.4. The molecule has 0 spiro atoms. The van der Waals surface area contributed by atoms with Gasteiger partial charge in [0.1, 0.15) is 0 Å². The fourth-order valence-corrected chi connectivity index (χ4v) is 2.29. The molecular formula is C12H21NO2. The van der Waals surface area contributed by atoms with Crippen molar-refractivity contribution >= 4 is 5.97 Å². The number of nitrogens with zero attached hydrogens (tertiary/aromatic N) is 1. The van der Waals surface area contributed by atoms with E-state index in [-0.39, 0.29) is 0 Å². The van der Waals surface area contributed by atoms with Crippen LogP contribution in [0, 0.1) is 5.41 Å². The van der Waals surface area contributed by atoms with Gasteiger partial charge in [0, 0.05) is 19.2 Å². The number of likely N-dealkylation sites (tertiary alicyclic amines) is 1. The Labute approximate surface area is 91.8 Å². The van der Waals surface area contributed by atoms with Crippen LogP contribution in [0.25, 0.3) is 0 Å². The van der Waals surface area contributed by atoms with Crippen LogP contribution in [0.15, 0.2) is 11.6 Å². The summed E-state index contributed by atoms with van der Waals surface area (Å²) in [6, 6.07) is 0. The maximum atomic E-state index is 10.5. The summed E-state index contributed by atoms with van der Waals surface area (Å²) >= 11 is 0. The molecule has 0 saturated carbocycles. The Hall–Kier alpha value is -0.830. The summed E-state index contributed by atoms with van der Waals surface area (Å²) < 4.78 is 0. The Morgan fingerprint density at radius 2 is 2.20 bits per heavy atom. The Morgan fingerprint density at radius 3 is 2.73 bits per heavy atom. The number of hydrogen-bond acceptors (Lipinski definition) is 2. The van der Waals surface area contributed by atoms with Crippen molar-refractivity contribution in [2.75, 3.05) is 19.6 Å². The van der Waals surface area contributed by atoms with Gasteiger partial charge in [-0.25, -0.2) is 4.79 Å². The van der Waals surface area contributed by atoms with Crippen molar-refractivity contribution in [3.63, 3.8) is 0 Å². The van der Waals surface area contributed by atoms with Gasteiger partial charge in [0.15, 0.2) is 0 Å². The molecule has 0 aromatic rings. The van der Waals surface area contributed by atoms with E-state index in [1.165, 1.54) is 18.9 Å². The largest absolute Gasteiger partial charge is 0.478 e. The van der Waals surface area contributed by atoms with Gasteiger partial charge in [0.2, 0.25) is 0 Å². The molecule has 1 aliphatic heterocycles. The maximum Gasteiger partial charge on any atom is 0.328 e. The van der Waals surface area contributed by atoms with E-state index in [0.717, 1.165) is 25.2 Å². The minimum atomic E-state index is -0.844. The summed E-state index contributed by atoms with van der Waals surface area (Å²) in [5.41, 5.74) is 1.31. The van der Waals surface area contributed by atoms with Crippen molar-refractivity contribution in [1.29, 1.82) is 0 Å². The average molecular weight is 211 g/mol. The zero-order chi connectivity index (χ0) is 11.5. The second-order valence-corrected chi connectivity index (χ2v) is 5.31. The summed E-state index contributed by atoms with van der Waals surface area (Å²) in [5, 5.41) is 8.62. The lowest BCUT2D eigenvalue weighted by Crippen LogP contribution is -2.40. The van der Waals surface area contributed by atoms with Gasteiger partial charge in [-0.1, -0.05) is 19.4 Å². The molecule has 0 radical (unpaired) electrons. The zero-order valence-corrected chi connectivity index (χ0v) is 9.92. The first-order chi connectivity index (χ1) is 6.89. The van der Waals surface area contributed by atoms with E-state index in [9.17, 15) is 4.79 Å². The van der Waals surface area contributed by atoms with Crippen LogP contribution in [0.5, 0.6) is 0 Å². The van der Waals surface area contributed by atoms with E-state index in [4.69, 9.17) is 5.11 Å². The number of rotatable bonds is 3. The van der Waals surface area contributed by atoms with E-state index < -0.39 is 5.97 Å². The third kappa shape index (κ3) is 4.47. The van der Waals surface area contributed by atoms with Crippen LogP contribution in [-0.4, -0.2) is 35.6 Å². The van der Waals surface area contributed by atoms with Crippen LogP contribution < -0.4 is 0 Å². The molecule has 1 fully saturated rings. The molecule has 0 bridgehead atoms. The number of aliphatic carboxylic acids is 1. The summed E-state index contributed by atoms with van der Waals surface area (Å²) in [6.45, 7) is 9.38. The SMILES string of the molecule is CC(=CC(=O)O)CN1CCCC(C)(C)C1. The molecular weight excluding hydrogens is 190 g/mol. The van der Waals surface area contributed by atoms with Gasteiger partial charge in [0.25, 0.3) is 0 Å². The van der Waals surface area contributed by atoms with Gasteiger partial charge in [-0.15, -0.1) is 0 Å². The Morgan fingerprint density at radius 1 is 1.53 bits per heavy atom.